The van der Waals surface area contributed by atoms with E-state index in [1.165, 1.54) is 0 Å². The number of aromatic nitrogens is 1. The Balaban J connectivity index is 1.98. The number of carboxylic acids is 1. The van der Waals surface area contributed by atoms with E-state index in [4.69, 9.17) is 9.84 Å². The number of ether oxygens (including phenoxy) is 1. The van der Waals surface area contributed by atoms with Crippen molar-refractivity contribution in [1.29, 1.82) is 0 Å². The largest absolute Gasteiger partial charge is 0.497 e. The molecule has 0 saturated heterocycles. The van der Waals surface area contributed by atoms with Crippen molar-refractivity contribution < 1.29 is 19.4 Å². The number of hydrogen-bond donors (Lipinski definition) is 3. The summed E-state index contributed by atoms with van der Waals surface area (Å²) in [6.45, 7) is 3.86. The van der Waals surface area contributed by atoms with Gasteiger partial charge in [-0.05, 0) is 49.6 Å². The molecule has 0 radical (unpaired) electrons. The Hall–Kier alpha value is -3.02. The highest BCUT2D eigenvalue weighted by Crippen LogP contribution is 2.36. The molecule has 0 aliphatic carbocycles. The number of anilines is 1. The van der Waals surface area contributed by atoms with E-state index in [9.17, 15) is 9.59 Å². The van der Waals surface area contributed by atoms with Gasteiger partial charge in [-0.1, -0.05) is 0 Å². The number of carbonyl (C=O) groups is 2. The standard InChI is InChI=1S/C19H20N2O4/c1-10-13(6-7-18(22)23)11(2)20-16(10)9-15-14-5-4-12(25-3)8-17(14)21-19(15)24/h4-5,8-9,20H,6-7H2,1-3H3,(H,21,24)(H,22,23)/b15-9-. The van der Waals surface area contributed by atoms with Gasteiger partial charge in [0.2, 0.25) is 0 Å². The fourth-order valence-corrected chi connectivity index (χ4v) is 3.15. The number of amides is 1. The second kappa shape index (κ2) is 6.47. The Morgan fingerprint density at radius 1 is 1.32 bits per heavy atom. The van der Waals surface area contributed by atoms with Gasteiger partial charge in [0.25, 0.3) is 5.91 Å². The number of aryl methyl sites for hydroxylation is 1. The normalized spacial score (nSPS) is 14.5. The monoisotopic (exact) mass is 340 g/mol. The first-order valence-electron chi connectivity index (χ1n) is 8.02. The van der Waals surface area contributed by atoms with Crippen molar-refractivity contribution in [2.24, 2.45) is 0 Å². The SMILES string of the molecule is COc1ccc2c(c1)NC(=O)/C2=C\c1[nH]c(C)c(CCC(=O)O)c1C. The summed E-state index contributed by atoms with van der Waals surface area (Å²) in [5.74, 6) is -0.303. The minimum atomic E-state index is -0.821. The predicted octanol–water partition coefficient (Wildman–Crippen LogP) is 3.15. The molecule has 1 aromatic heterocycles. The van der Waals surface area contributed by atoms with Gasteiger partial charge in [-0.25, -0.2) is 0 Å². The maximum absolute atomic E-state index is 12.3. The summed E-state index contributed by atoms with van der Waals surface area (Å²) in [7, 11) is 1.58. The molecule has 0 fully saturated rings. The van der Waals surface area contributed by atoms with Crippen LogP contribution in [0.3, 0.4) is 0 Å². The van der Waals surface area contributed by atoms with Crippen LogP contribution in [0.2, 0.25) is 0 Å². The van der Waals surface area contributed by atoms with Crippen molar-refractivity contribution in [2.45, 2.75) is 26.7 Å². The molecular weight excluding hydrogens is 320 g/mol. The Bertz CT molecular complexity index is 893. The molecule has 3 rings (SSSR count). The molecule has 1 amide bonds. The van der Waals surface area contributed by atoms with Crippen LogP contribution in [-0.2, 0) is 16.0 Å². The van der Waals surface area contributed by atoms with Gasteiger partial charge in [-0.15, -0.1) is 0 Å². The van der Waals surface area contributed by atoms with Gasteiger partial charge < -0.3 is 20.1 Å². The highest BCUT2D eigenvalue weighted by atomic mass is 16.5. The number of aliphatic carboxylic acids is 1. The molecule has 1 aromatic carbocycles. The summed E-state index contributed by atoms with van der Waals surface area (Å²) in [6, 6.07) is 5.46. The average molecular weight is 340 g/mol. The van der Waals surface area contributed by atoms with Crippen LogP contribution in [0.4, 0.5) is 5.69 Å². The summed E-state index contributed by atoms with van der Waals surface area (Å²) in [5.41, 5.74) is 5.84. The Labute approximate surface area is 145 Å². The third kappa shape index (κ3) is 3.15. The van der Waals surface area contributed by atoms with Crippen LogP contribution in [0.5, 0.6) is 5.75 Å². The first kappa shape index (κ1) is 16.8. The Morgan fingerprint density at radius 3 is 2.76 bits per heavy atom. The van der Waals surface area contributed by atoms with Crippen LogP contribution in [0.25, 0.3) is 11.6 Å². The van der Waals surface area contributed by atoms with Crippen LogP contribution in [0.15, 0.2) is 18.2 Å². The molecule has 130 valence electrons. The number of aromatic amines is 1. The third-order valence-electron chi connectivity index (χ3n) is 4.52. The Morgan fingerprint density at radius 2 is 2.08 bits per heavy atom. The van der Waals surface area contributed by atoms with Crippen molar-refractivity contribution >= 4 is 29.2 Å². The van der Waals surface area contributed by atoms with Crippen LogP contribution in [0, 0.1) is 13.8 Å². The second-order valence-corrected chi connectivity index (χ2v) is 6.08. The van der Waals surface area contributed by atoms with Crippen molar-refractivity contribution in [1.82, 2.24) is 4.98 Å². The number of rotatable bonds is 5. The van der Waals surface area contributed by atoms with E-state index in [0.717, 1.165) is 33.8 Å². The van der Waals surface area contributed by atoms with Gasteiger partial charge in [-0.2, -0.15) is 0 Å². The van der Waals surface area contributed by atoms with E-state index in [-0.39, 0.29) is 12.3 Å². The fourth-order valence-electron chi connectivity index (χ4n) is 3.15. The van der Waals surface area contributed by atoms with Crippen molar-refractivity contribution in [3.63, 3.8) is 0 Å². The number of nitrogens with one attached hydrogen (secondary N) is 2. The second-order valence-electron chi connectivity index (χ2n) is 6.08. The van der Waals surface area contributed by atoms with Crippen LogP contribution >= 0.6 is 0 Å². The van der Waals surface area contributed by atoms with E-state index in [1.807, 2.05) is 32.1 Å². The zero-order valence-corrected chi connectivity index (χ0v) is 14.4. The summed E-state index contributed by atoms with van der Waals surface area (Å²) >= 11 is 0. The first-order chi connectivity index (χ1) is 11.9. The number of hydrogen-bond acceptors (Lipinski definition) is 3. The van der Waals surface area contributed by atoms with Gasteiger partial charge in [0.1, 0.15) is 5.75 Å². The van der Waals surface area contributed by atoms with Crippen molar-refractivity contribution in [3.05, 3.63) is 46.3 Å². The number of benzene rings is 1. The van der Waals surface area contributed by atoms with Crippen LogP contribution in [-0.4, -0.2) is 29.1 Å². The molecule has 1 aliphatic heterocycles. The van der Waals surface area contributed by atoms with Gasteiger partial charge in [0.05, 0.1) is 18.4 Å². The average Bonchev–Trinajstić information content (AvgIpc) is 3.02. The predicted molar refractivity (Wildman–Crippen MR) is 95.7 cm³/mol. The maximum atomic E-state index is 12.3. The minimum Gasteiger partial charge on any atom is -0.497 e. The number of methoxy groups -OCH3 is 1. The molecule has 2 aromatic rings. The molecule has 1 aliphatic rings. The highest BCUT2D eigenvalue weighted by Gasteiger charge is 2.25. The minimum absolute atomic E-state index is 0.0820. The molecule has 6 heteroatoms. The lowest BCUT2D eigenvalue weighted by molar-refractivity contribution is -0.137. The third-order valence-corrected chi connectivity index (χ3v) is 4.52. The van der Waals surface area contributed by atoms with Crippen LogP contribution < -0.4 is 10.1 Å². The van der Waals surface area contributed by atoms with Gasteiger partial charge in [-0.3, -0.25) is 9.59 Å². The fraction of sp³-hybridized carbons (Fsp3) is 0.263. The number of H-pyrrole nitrogens is 1. The molecule has 6 nitrogen and oxygen atoms in total. The quantitative estimate of drug-likeness (QED) is 0.729. The molecule has 0 unspecified atom stereocenters. The van der Waals surface area contributed by atoms with Crippen LogP contribution in [0.1, 0.15) is 34.5 Å². The highest BCUT2D eigenvalue weighted by molar-refractivity contribution is 6.35. The number of fused-ring (bicyclic) bond motifs is 1. The summed E-state index contributed by atoms with van der Waals surface area (Å²) in [4.78, 5) is 26.4. The molecule has 0 bridgehead atoms. The molecule has 0 saturated carbocycles. The van der Waals surface area contributed by atoms with Crippen molar-refractivity contribution in [3.8, 4) is 5.75 Å². The molecule has 25 heavy (non-hydrogen) atoms. The van der Waals surface area contributed by atoms with Gasteiger partial charge in [0.15, 0.2) is 0 Å². The summed E-state index contributed by atoms with van der Waals surface area (Å²) in [5, 5.41) is 11.7. The van der Waals surface area contributed by atoms with E-state index in [1.54, 1.807) is 13.2 Å². The molecule has 2 heterocycles. The lowest BCUT2D eigenvalue weighted by atomic mass is 10.0. The summed E-state index contributed by atoms with van der Waals surface area (Å²) in [6.07, 6.45) is 2.37. The Kier molecular flexibility index (Phi) is 4.35. The maximum Gasteiger partial charge on any atom is 0.303 e. The number of carbonyl (C=O) groups excluding carboxylic acids is 1. The number of carboxylic acid groups (broad SMARTS) is 1. The lowest BCUT2D eigenvalue weighted by Crippen LogP contribution is -2.03. The van der Waals surface area contributed by atoms with Gasteiger partial charge in [0, 0.05) is 29.4 Å². The zero-order valence-electron chi connectivity index (χ0n) is 14.4. The topological polar surface area (TPSA) is 91.4 Å². The van der Waals surface area contributed by atoms with E-state index >= 15 is 0 Å². The molecule has 0 spiro atoms. The van der Waals surface area contributed by atoms with E-state index in [0.29, 0.717) is 17.7 Å². The van der Waals surface area contributed by atoms with Gasteiger partial charge >= 0.3 is 5.97 Å². The smallest absolute Gasteiger partial charge is 0.303 e. The van der Waals surface area contributed by atoms with Crippen molar-refractivity contribution in [2.75, 3.05) is 12.4 Å². The molecular formula is C19H20N2O4. The molecule has 3 N–H and O–H groups in total. The molecule has 0 atom stereocenters. The lowest BCUT2D eigenvalue weighted by Gasteiger charge is -2.03. The van der Waals surface area contributed by atoms with E-state index < -0.39 is 5.97 Å². The zero-order chi connectivity index (χ0) is 18.1. The first-order valence-corrected chi connectivity index (χ1v) is 8.02. The van der Waals surface area contributed by atoms with E-state index in [2.05, 4.69) is 10.3 Å². The summed E-state index contributed by atoms with van der Waals surface area (Å²) < 4.78 is 5.19.